The zero-order valence-corrected chi connectivity index (χ0v) is 18.2. The minimum atomic E-state index is -3.98. The fourth-order valence-electron chi connectivity index (χ4n) is 2.48. The third-order valence-corrected chi connectivity index (χ3v) is 5.85. The Morgan fingerprint density at radius 3 is 2.03 bits per heavy atom. The van der Waals surface area contributed by atoms with E-state index in [9.17, 15) is 9.36 Å². The summed E-state index contributed by atoms with van der Waals surface area (Å²) in [5.74, 6) is 0.122. The SMILES string of the molecule is COc1cccc(/C=C(\C(=O)Oc2ccccc2)P(=O)(OC(C)C)OC(C)C)c1. The Morgan fingerprint density at radius 1 is 0.897 bits per heavy atom. The van der Waals surface area contributed by atoms with Crippen LogP contribution in [-0.2, 0) is 18.4 Å². The molecule has 0 amide bonds. The molecular weight excluding hydrogens is 391 g/mol. The number of ether oxygens (including phenoxy) is 2. The Labute approximate surface area is 172 Å². The van der Waals surface area contributed by atoms with Gasteiger partial charge in [-0.05, 0) is 63.6 Å². The predicted molar refractivity (Wildman–Crippen MR) is 113 cm³/mol. The number of esters is 1. The molecule has 0 bridgehead atoms. The smallest absolute Gasteiger partial charge is 0.369 e. The van der Waals surface area contributed by atoms with E-state index in [4.69, 9.17) is 18.5 Å². The van der Waals surface area contributed by atoms with Crippen LogP contribution in [0.25, 0.3) is 6.08 Å². The average Bonchev–Trinajstić information content (AvgIpc) is 2.65. The number of hydrogen-bond acceptors (Lipinski definition) is 6. The highest BCUT2D eigenvalue weighted by molar-refractivity contribution is 7.60. The maximum Gasteiger partial charge on any atom is 0.369 e. The van der Waals surface area contributed by atoms with Crippen molar-refractivity contribution >= 4 is 19.6 Å². The van der Waals surface area contributed by atoms with Crippen LogP contribution in [0.3, 0.4) is 0 Å². The minimum absolute atomic E-state index is 0.183. The highest BCUT2D eigenvalue weighted by atomic mass is 31.2. The number of benzene rings is 2. The number of carbonyl (C=O) groups excluding carboxylic acids is 1. The van der Waals surface area contributed by atoms with Crippen LogP contribution in [0, 0.1) is 0 Å². The number of carbonyl (C=O) groups is 1. The second kappa shape index (κ2) is 10.4. The summed E-state index contributed by atoms with van der Waals surface area (Å²) in [5, 5.41) is -0.183. The molecule has 0 aliphatic heterocycles. The molecule has 2 aromatic carbocycles. The first-order valence-corrected chi connectivity index (χ1v) is 10.9. The van der Waals surface area contributed by atoms with E-state index in [1.807, 2.05) is 0 Å². The highest BCUT2D eigenvalue weighted by Crippen LogP contribution is 2.58. The zero-order valence-electron chi connectivity index (χ0n) is 17.3. The van der Waals surface area contributed by atoms with Crippen LogP contribution >= 0.6 is 7.60 Å². The molecule has 0 aliphatic carbocycles. The van der Waals surface area contributed by atoms with Gasteiger partial charge in [-0.1, -0.05) is 30.3 Å². The van der Waals surface area contributed by atoms with Crippen molar-refractivity contribution in [2.45, 2.75) is 39.9 Å². The lowest BCUT2D eigenvalue weighted by Crippen LogP contribution is -2.17. The normalized spacial score (nSPS) is 12.3. The lowest BCUT2D eigenvalue weighted by atomic mass is 10.2. The van der Waals surface area contributed by atoms with Gasteiger partial charge < -0.3 is 18.5 Å². The lowest BCUT2D eigenvalue weighted by Gasteiger charge is -2.24. The molecule has 0 saturated heterocycles. The number of methoxy groups -OCH3 is 1. The predicted octanol–water partition coefficient (Wildman–Crippen LogP) is 5.68. The fourth-order valence-corrected chi connectivity index (χ4v) is 4.44. The molecule has 0 aromatic heterocycles. The Hall–Kier alpha value is -2.40. The molecule has 156 valence electrons. The van der Waals surface area contributed by atoms with Gasteiger partial charge in [-0.2, -0.15) is 0 Å². The molecule has 0 N–H and O–H groups in total. The van der Waals surface area contributed by atoms with Crippen molar-refractivity contribution in [3.05, 3.63) is 65.5 Å². The monoisotopic (exact) mass is 418 g/mol. The van der Waals surface area contributed by atoms with Gasteiger partial charge in [0.25, 0.3) is 0 Å². The topological polar surface area (TPSA) is 71.1 Å². The van der Waals surface area contributed by atoms with Crippen LogP contribution < -0.4 is 9.47 Å². The number of para-hydroxylation sites is 1. The van der Waals surface area contributed by atoms with Gasteiger partial charge >= 0.3 is 13.6 Å². The van der Waals surface area contributed by atoms with Crippen LogP contribution in [0.5, 0.6) is 11.5 Å². The van der Waals surface area contributed by atoms with Crippen LogP contribution in [-0.4, -0.2) is 25.3 Å². The maximum atomic E-state index is 13.7. The molecule has 2 rings (SSSR count). The van der Waals surface area contributed by atoms with Crippen molar-refractivity contribution in [3.8, 4) is 11.5 Å². The van der Waals surface area contributed by atoms with Gasteiger partial charge in [-0.15, -0.1) is 0 Å². The molecule has 0 atom stereocenters. The van der Waals surface area contributed by atoms with E-state index >= 15 is 0 Å². The van der Waals surface area contributed by atoms with Gasteiger partial charge in [0.15, 0.2) is 0 Å². The molecule has 0 fully saturated rings. The zero-order chi connectivity index (χ0) is 21.4. The second-order valence-electron chi connectivity index (χ2n) is 6.81. The van der Waals surface area contributed by atoms with Gasteiger partial charge in [0.1, 0.15) is 16.8 Å². The first kappa shape index (κ1) is 22.9. The molecule has 0 radical (unpaired) electrons. The third-order valence-electron chi connectivity index (χ3n) is 3.55. The van der Waals surface area contributed by atoms with E-state index in [2.05, 4.69) is 0 Å². The molecule has 7 heteroatoms. The average molecular weight is 418 g/mol. The van der Waals surface area contributed by atoms with Gasteiger partial charge in [0.2, 0.25) is 0 Å². The van der Waals surface area contributed by atoms with Gasteiger partial charge in [0, 0.05) is 0 Å². The van der Waals surface area contributed by atoms with E-state index in [0.29, 0.717) is 17.1 Å². The third kappa shape index (κ3) is 6.86. The molecule has 0 spiro atoms. The quantitative estimate of drug-likeness (QED) is 0.226. The molecule has 0 unspecified atom stereocenters. The molecule has 0 aliphatic rings. The van der Waals surface area contributed by atoms with E-state index in [1.54, 1.807) is 89.4 Å². The molecule has 6 nitrogen and oxygen atoms in total. The largest absolute Gasteiger partial charge is 0.497 e. The second-order valence-corrected chi connectivity index (χ2v) is 8.71. The van der Waals surface area contributed by atoms with Crippen LogP contribution in [0.4, 0.5) is 0 Å². The summed E-state index contributed by atoms with van der Waals surface area (Å²) in [6, 6.07) is 15.6. The minimum Gasteiger partial charge on any atom is -0.497 e. The molecular formula is C22H27O6P. The van der Waals surface area contributed by atoms with Gasteiger partial charge in [-0.25, -0.2) is 4.79 Å². The summed E-state index contributed by atoms with van der Waals surface area (Å²) < 4.78 is 35.6. The summed E-state index contributed by atoms with van der Waals surface area (Å²) >= 11 is 0. The van der Waals surface area contributed by atoms with E-state index < -0.39 is 25.8 Å². The lowest BCUT2D eigenvalue weighted by molar-refractivity contribution is -0.129. The Balaban J connectivity index is 2.54. The molecule has 2 aromatic rings. The molecule has 0 saturated carbocycles. The fraction of sp³-hybridized carbons (Fsp3) is 0.318. The number of hydrogen-bond donors (Lipinski definition) is 0. The molecule has 0 heterocycles. The summed E-state index contributed by atoms with van der Waals surface area (Å²) in [4.78, 5) is 13.0. The van der Waals surface area contributed by atoms with E-state index in [0.717, 1.165) is 0 Å². The van der Waals surface area contributed by atoms with Crippen molar-refractivity contribution in [2.24, 2.45) is 0 Å². The highest BCUT2D eigenvalue weighted by Gasteiger charge is 2.39. The van der Waals surface area contributed by atoms with E-state index in [1.165, 1.54) is 6.08 Å². The maximum absolute atomic E-state index is 13.7. The number of rotatable bonds is 9. The van der Waals surface area contributed by atoms with Crippen molar-refractivity contribution in [3.63, 3.8) is 0 Å². The Morgan fingerprint density at radius 2 is 1.48 bits per heavy atom. The van der Waals surface area contributed by atoms with Crippen LogP contribution in [0.15, 0.2) is 59.9 Å². The summed E-state index contributed by atoms with van der Waals surface area (Å²) in [5.41, 5.74) is 0.601. The van der Waals surface area contributed by atoms with E-state index in [-0.39, 0.29) is 5.31 Å². The summed E-state index contributed by atoms with van der Waals surface area (Å²) in [7, 11) is -2.43. The first-order valence-electron chi connectivity index (χ1n) is 9.34. The Bertz CT molecular complexity index is 875. The summed E-state index contributed by atoms with van der Waals surface area (Å²) in [6.45, 7) is 6.90. The molecule has 29 heavy (non-hydrogen) atoms. The van der Waals surface area contributed by atoms with Gasteiger partial charge in [-0.3, -0.25) is 4.57 Å². The van der Waals surface area contributed by atoms with Crippen molar-refractivity contribution in [1.82, 2.24) is 0 Å². The van der Waals surface area contributed by atoms with Gasteiger partial charge in [0.05, 0.1) is 19.3 Å². The van der Waals surface area contributed by atoms with Crippen LogP contribution in [0.1, 0.15) is 33.3 Å². The first-order chi connectivity index (χ1) is 13.7. The van der Waals surface area contributed by atoms with Crippen molar-refractivity contribution < 1.29 is 27.9 Å². The van der Waals surface area contributed by atoms with Crippen LogP contribution in [0.2, 0.25) is 0 Å². The summed E-state index contributed by atoms with van der Waals surface area (Å²) in [6.07, 6.45) is 0.593. The Kier molecular flexibility index (Phi) is 8.21. The van der Waals surface area contributed by atoms with Crippen molar-refractivity contribution in [1.29, 1.82) is 0 Å². The van der Waals surface area contributed by atoms with Crippen molar-refractivity contribution in [2.75, 3.05) is 7.11 Å². The standard InChI is InChI=1S/C22H27O6P/c1-16(2)27-29(24,28-17(3)4)21(15-18-10-9-13-20(14-18)25-5)22(23)26-19-11-7-6-8-12-19/h6-17H,1-5H3/b21-15+.